The number of unbranched alkanes of at least 4 members (excludes halogenated alkanes) is 19. The predicted molar refractivity (Wildman–Crippen MR) is 210 cm³/mol. The second-order valence-electron chi connectivity index (χ2n) is 14.7. The predicted octanol–water partition coefficient (Wildman–Crippen LogP) is 5.96. The number of nitrogens with one attached hydrogen (secondary N) is 1. The standard InChI is InChI=1S/C40H75NO12S/c1-3-5-7-9-11-13-15-16-17-18-19-21-22-24-26-28-33(43)32(41-39(47)34(44)29-27-25-23-20-14-12-10-8-6-4-2)31-51-40-37(46)38(53-54(48,49)50)36(45)35(30-42)52-40/h19,21,26,28,32-38,40,42-46H,3-18,20,22-25,27,29-31H2,1-2H3,(H,41,47)(H,48,49,50)/b21-19+,28-26+. The van der Waals surface area contributed by atoms with Crippen molar-refractivity contribution in [3.05, 3.63) is 24.3 Å². The zero-order valence-electron chi connectivity index (χ0n) is 33.1. The summed E-state index contributed by atoms with van der Waals surface area (Å²) < 4.78 is 47.3. The molecule has 8 unspecified atom stereocenters. The first-order valence-corrected chi connectivity index (χ1v) is 22.2. The molecule has 1 fully saturated rings. The van der Waals surface area contributed by atoms with Gasteiger partial charge in [-0.2, -0.15) is 8.42 Å². The highest BCUT2D eigenvalue weighted by Gasteiger charge is 2.48. The zero-order valence-corrected chi connectivity index (χ0v) is 34.0. The van der Waals surface area contributed by atoms with Crippen molar-refractivity contribution < 1.29 is 57.0 Å². The molecular weight excluding hydrogens is 719 g/mol. The van der Waals surface area contributed by atoms with Crippen LogP contribution in [0.5, 0.6) is 0 Å². The number of ether oxygens (including phenoxy) is 2. The van der Waals surface area contributed by atoms with Crippen molar-refractivity contribution in [3.63, 3.8) is 0 Å². The third-order valence-corrected chi connectivity index (χ3v) is 10.3. The third-order valence-electron chi connectivity index (χ3n) is 9.84. The van der Waals surface area contributed by atoms with Crippen LogP contribution in [0.15, 0.2) is 24.3 Å². The van der Waals surface area contributed by atoms with Crippen molar-refractivity contribution in [3.8, 4) is 0 Å². The highest BCUT2D eigenvalue weighted by molar-refractivity contribution is 7.80. The lowest BCUT2D eigenvalue weighted by Gasteiger charge is -2.41. The number of rotatable bonds is 34. The first-order chi connectivity index (χ1) is 25.9. The monoisotopic (exact) mass is 794 g/mol. The van der Waals surface area contributed by atoms with Crippen molar-refractivity contribution in [2.24, 2.45) is 0 Å². The van der Waals surface area contributed by atoms with Crippen LogP contribution in [0.1, 0.15) is 162 Å². The first-order valence-electron chi connectivity index (χ1n) is 20.8. The van der Waals surface area contributed by atoms with E-state index >= 15 is 0 Å². The van der Waals surface area contributed by atoms with E-state index < -0.39 is 78.5 Å². The number of aliphatic hydroxyl groups excluding tert-OH is 5. The maximum Gasteiger partial charge on any atom is 0.397 e. The van der Waals surface area contributed by atoms with Gasteiger partial charge in [0, 0.05) is 0 Å². The van der Waals surface area contributed by atoms with Crippen LogP contribution >= 0.6 is 0 Å². The summed E-state index contributed by atoms with van der Waals surface area (Å²) in [6.45, 7) is 3.15. The Kier molecular flexibility index (Phi) is 29.6. The van der Waals surface area contributed by atoms with Crippen LogP contribution < -0.4 is 5.32 Å². The molecule has 1 aliphatic rings. The lowest BCUT2D eigenvalue weighted by atomic mass is 9.99. The summed E-state index contributed by atoms with van der Waals surface area (Å²) in [5, 5.41) is 54.9. The fraction of sp³-hybridized carbons (Fsp3) is 0.875. The van der Waals surface area contributed by atoms with Crippen LogP contribution in [-0.2, 0) is 28.9 Å². The molecule has 0 bridgehead atoms. The molecule has 0 aliphatic carbocycles. The summed E-state index contributed by atoms with van der Waals surface area (Å²) in [5.74, 6) is -0.715. The third kappa shape index (κ3) is 24.2. The molecule has 1 aliphatic heterocycles. The fourth-order valence-electron chi connectivity index (χ4n) is 6.47. The van der Waals surface area contributed by atoms with Gasteiger partial charge < -0.3 is 40.3 Å². The Labute approximate surface area is 325 Å². The smallest absolute Gasteiger partial charge is 0.394 e. The van der Waals surface area contributed by atoms with Gasteiger partial charge in [0.25, 0.3) is 0 Å². The summed E-state index contributed by atoms with van der Waals surface area (Å²) in [6, 6.07) is -1.13. The summed E-state index contributed by atoms with van der Waals surface area (Å²) in [6.07, 6.45) is 21.4. The molecule has 1 rings (SSSR count). The number of amides is 1. The second-order valence-corrected chi connectivity index (χ2v) is 15.8. The summed E-state index contributed by atoms with van der Waals surface area (Å²) in [5.41, 5.74) is 0. The molecule has 0 radical (unpaired) electrons. The molecule has 0 aromatic rings. The van der Waals surface area contributed by atoms with Crippen molar-refractivity contribution in [1.82, 2.24) is 5.32 Å². The van der Waals surface area contributed by atoms with Gasteiger partial charge in [-0.25, -0.2) is 4.18 Å². The normalized spacial score (nSPS) is 22.6. The van der Waals surface area contributed by atoms with Crippen LogP contribution in [0, 0.1) is 0 Å². The largest absolute Gasteiger partial charge is 0.397 e. The van der Waals surface area contributed by atoms with Gasteiger partial charge in [0.1, 0.15) is 30.5 Å². The molecule has 14 heteroatoms. The van der Waals surface area contributed by atoms with E-state index in [-0.39, 0.29) is 6.42 Å². The minimum atomic E-state index is -5.11. The van der Waals surface area contributed by atoms with Crippen LogP contribution in [0.3, 0.4) is 0 Å². The Morgan fingerprint density at radius 2 is 1.24 bits per heavy atom. The molecule has 1 saturated heterocycles. The van der Waals surface area contributed by atoms with Gasteiger partial charge in [-0.15, -0.1) is 0 Å². The molecule has 318 valence electrons. The molecule has 0 aromatic carbocycles. The van der Waals surface area contributed by atoms with E-state index in [1.54, 1.807) is 6.08 Å². The van der Waals surface area contributed by atoms with Crippen LogP contribution in [0.2, 0.25) is 0 Å². The van der Waals surface area contributed by atoms with E-state index in [0.29, 0.717) is 12.8 Å². The molecule has 0 saturated carbocycles. The van der Waals surface area contributed by atoms with Gasteiger partial charge in [0.2, 0.25) is 5.91 Å². The molecule has 0 aromatic heterocycles. The van der Waals surface area contributed by atoms with Crippen molar-refractivity contribution in [2.75, 3.05) is 13.2 Å². The Hall–Kier alpha value is -1.46. The van der Waals surface area contributed by atoms with Crippen molar-refractivity contribution in [1.29, 1.82) is 0 Å². The van der Waals surface area contributed by atoms with Gasteiger partial charge in [0.15, 0.2) is 6.29 Å². The maximum absolute atomic E-state index is 13.0. The molecule has 54 heavy (non-hydrogen) atoms. The van der Waals surface area contributed by atoms with E-state index in [1.807, 2.05) is 0 Å². The van der Waals surface area contributed by atoms with Gasteiger partial charge in [-0.3, -0.25) is 9.35 Å². The number of carbonyl (C=O) groups is 1. The number of hydrogen-bond acceptors (Lipinski definition) is 11. The average molecular weight is 794 g/mol. The highest BCUT2D eigenvalue weighted by Crippen LogP contribution is 2.26. The zero-order chi connectivity index (χ0) is 40.0. The second kappa shape index (κ2) is 31.6. The van der Waals surface area contributed by atoms with Gasteiger partial charge in [-0.1, -0.05) is 154 Å². The SMILES string of the molecule is CCCCCCCCCCC/C=C/CC/C=C/C(O)C(COC1OC(CO)C(O)C(OS(=O)(=O)O)C1O)NC(=O)C(O)CCCCCCCCCCCC. The minimum absolute atomic E-state index is 0.238. The molecule has 8 atom stereocenters. The molecule has 1 amide bonds. The lowest BCUT2D eigenvalue weighted by molar-refractivity contribution is -0.298. The van der Waals surface area contributed by atoms with Crippen LogP contribution in [0.25, 0.3) is 0 Å². The summed E-state index contributed by atoms with van der Waals surface area (Å²) >= 11 is 0. The summed E-state index contributed by atoms with van der Waals surface area (Å²) in [7, 11) is -5.11. The Balaban J connectivity index is 2.70. The molecule has 7 N–H and O–H groups in total. The molecule has 0 spiro atoms. The fourth-order valence-corrected chi connectivity index (χ4v) is 6.98. The van der Waals surface area contributed by atoms with E-state index in [0.717, 1.165) is 38.5 Å². The Morgan fingerprint density at radius 1 is 0.741 bits per heavy atom. The highest BCUT2D eigenvalue weighted by atomic mass is 32.3. The summed E-state index contributed by atoms with van der Waals surface area (Å²) in [4.78, 5) is 13.0. The maximum atomic E-state index is 13.0. The van der Waals surface area contributed by atoms with Crippen molar-refractivity contribution in [2.45, 2.75) is 210 Å². The number of carbonyl (C=O) groups excluding carboxylic acids is 1. The molecule has 13 nitrogen and oxygen atoms in total. The lowest BCUT2D eigenvalue weighted by Crippen LogP contribution is -2.61. The van der Waals surface area contributed by atoms with E-state index in [1.165, 1.54) is 96.0 Å². The van der Waals surface area contributed by atoms with Crippen LogP contribution in [0.4, 0.5) is 0 Å². The van der Waals surface area contributed by atoms with Gasteiger partial charge in [0.05, 0.1) is 25.4 Å². The molecule has 1 heterocycles. The quantitative estimate of drug-likeness (QED) is 0.0229. The number of hydrogen-bond donors (Lipinski definition) is 7. The molecular formula is C40H75NO12S. The average Bonchev–Trinajstić information content (AvgIpc) is 3.14. The van der Waals surface area contributed by atoms with E-state index in [9.17, 15) is 38.7 Å². The number of aliphatic hydroxyl groups is 5. The minimum Gasteiger partial charge on any atom is -0.394 e. The van der Waals surface area contributed by atoms with Gasteiger partial charge in [-0.05, 0) is 32.1 Å². The van der Waals surface area contributed by atoms with E-state index in [2.05, 4.69) is 35.5 Å². The van der Waals surface area contributed by atoms with Gasteiger partial charge >= 0.3 is 10.4 Å². The van der Waals surface area contributed by atoms with Crippen molar-refractivity contribution >= 4 is 16.3 Å². The topological polar surface area (TPSA) is 212 Å². The number of allylic oxidation sites excluding steroid dienone is 3. The first kappa shape index (κ1) is 50.6. The van der Waals surface area contributed by atoms with E-state index in [4.69, 9.17) is 14.0 Å². The van der Waals surface area contributed by atoms with Crippen LogP contribution in [-0.4, -0.2) is 107 Å². The Bertz CT molecular complexity index is 1090. The Morgan fingerprint density at radius 3 is 1.78 bits per heavy atom.